The molecular formula is C39H33N11. The Hall–Kier alpha value is -6.85. The third-order valence-electron chi connectivity index (χ3n) is 8.03. The number of hydrogen-bond acceptors (Lipinski definition) is 7. The molecule has 244 valence electrons. The molecule has 6 heterocycles. The van der Waals surface area contributed by atoms with Gasteiger partial charge in [-0.25, -0.2) is 24.0 Å². The highest BCUT2D eigenvalue weighted by atomic mass is 15.3. The van der Waals surface area contributed by atoms with Crippen molar-refractivity contribution in [3.05, 3.63) is 138 Å². The number of aryl methyl sites for hydroxylation is 5. The van der Waals surface area contributed by atoms with Crippen LogP contribution in [0.5, 0.6) is 0 Å². The maximum atomic E-state index is 4.63. The Morgan fingerprint density at radius 3 is 1.74 bits per heavy atom. The standard InChI is InChI=1S/C21H19N5.C18H14N6/c1-4-16-11-10-15(2)26-21(16)23-19(24-26)12-13-20-22-18(14-25(20)3)17-8-6-5-7-9-17;1-13-10-19-12-24-18(13)21-16(22-24)8-9-17-20-15(11-23(17)2)14-6-4-3-5-7-14/h5-11,14H,4H2,1-3H3;3-7,10-12H,1-2H3. The lowest BCUT2D eigenvalue weighted by molar-refractivity contribution is 0.890. The third-order valence-corrected chi connectivity index (χ3v) is 8.03. The van der Waals surface area contributed by atoms with Crippen molar-refractivity contribution in [2.24, 2.45) is 14.1 Å². The Balaban J connectivity index is 0.000000157. The summed E-state index contributed by atoms with van der Waals surface area (Å²) >= 11 is 0. The van der Waals surface area contributed by atoms with Crippen LogP contribution < -0.4 is 0 Å². The Kier molecular flexibility index (Phi) is 8.70. The van der Waals surface area contributed by atoms with Crippen LogP contribution in [0.15, 0.2) is 97.7 Å². The highest BCUT2D eigenvalue weighted by Gasteiger charge is 2.10. The van der Waals surface area contributed by atoms with Crippen LogP contribution in [0.3, 0.4) is 0 Å². The first-order valence-electron chi connectivity index (χ1n) is 16.1. The molecule has 0 fully saturated rings. The molecule has 8 rings (SSSR count). The van der Waals surface area contributed by atoms with E-state index in [0.29, 0.717) is 23.3 Å². The zero-order chi connectivity index (χ0) is 34.6. The zero-order valence-electron chi connectivity index (χ0n) is 28.4. The maximum Gasteiger partial charge on any atom is 0.226 e. The van der Waals surface area contributed by atoms with Gasteiger partial charge in [-0.15, -0.1) is 10.2 Å². The molecule has 0 aliphatic carbocycles. The fourth-order valence-electron chi connectivity index (χ4n) is 5.34. The molecule has 8 aromatic rings. The number of aromatic nitrogens is 11. The highest BCUT2D eigenvalue weighted by Crippen LogP contribution is 2.19. The Morgan fingerprint density at radius 1 is 0.620 bits per heavy atom. The van der Waals surface area contributed by atoms with E-state index >= 15 is 0 Å². The van der Waals surface area contributed by atoms with E-state index < -0.39 is 0 Å². The van der Waals surface area contributed by atoms with Crippen LogP contribution in [-0.2, 0) is 20.5 Å². The summed E-state index contributed by atoms with van der Waals surface area (Å²) in [5, 5.41) is 8.84. The summed E-state index contributed by atoms with van der Waals surface area (Å²) in [7, 11) is 3.87. The summed E-state index contributed by atoms with van der Waals surface area (Å²) in [5.74, 6) is 14.5. The SMILES string of the molecule is CCc1ccc(C)n2nc(C#Cc3nc(-c4ccccc4)cn3C)nc12.Cc1cncn2nc(C#Cc3nc(-c4ccccc4)cn3C)nc12. The van der Waals surface area contributed by atoms with E-state index in [4.69, 9.17) is 0 Å². The summed E-state index contributed by atoms with van der Waals surface area (Å²) in [6.07, 6.45) is 8.23. The molecule has 0 bridgehead atoms. The summed E-state index contributed by atoms with van der Waals surface area (Å²) < 4.78 is 7.32. The third kappa shape index (κ3) is 6.61. The number of nitrogens with zero attached hydrogens (tertiary/aromatic N) is 11. The van der Waals surface area contributed by atoms with Gasteiger partial charge in [0.1, 0.15) is 6.33 Å². The van der Waals surface area contributed by atoms with Crippen molar-refractivity contribution in [1.29, 1.82) is 0 Å². The summed E-state index contributed by atoms with van der Waals surface area (Å²) in [6, 6.07) is 24.3. The molecule has 0 unspecified atom stereocenters. The van der Waals surface area contributed by atoms with Gasteiger partial charge in [0.2, 0.25) is 11.6 Å². The first-order chi connectivity index (χ1) is 24.4. The van der Waals surface area contributed by atoms with Crippen molar-refractivity contribution in [2.75, 3.05) is 0 Å². The quantitative estimate of drug-likeness (QED) is 0.227. The van der Waals surface area contributed by atoms with Crippen LogP contribution in [0.1, 0.15) is 47.0 Å². The smallest absolute Gasteiger partial charge is 0.226 e. The predicted molar refractivity (Wildman–Crippen MR) is 192 cm³/mol. The van der Waals surface area contributed by atoms with Crippen LogP contribution in [0.4, 0.5) is 0 Å². The lowest BCUT2D eigenvalue weighted by Gasteiger charge is -2.01. The molecular weight excluding hydrogens is 623 g/mol. The average Bonchev–Trinajstić information content (AvgIpc) is 3.93. The van der Waals surface area contributed by atoms with E-state index in [0.717, 1.165) is 51.5 Å². The lowest BCUT2D eigenvalue weighted by atomic mass is 10.2. The van der Waals surface area contributed by atoms with Crippen LogP contribution >= 0.6 is 0 Å². The number of pyridine rings is 1. The second kappa shape index (κ2) is 13.7. The Bertz CT molecular complexity index is 2580. The first kappa shape index (κ1) is 31.7. The van der Waals surface area contributed by atoms with E-state index in [2.05, 4.69) is 77.9 Å². The van der Waals surface area contributed by atoms with Crippen molar-refractivity contribution in [3.63, 3.8) is 0 Å². The molecule has 0 atom stereocenters. The molecule has 2 aromatic carbocycles. The molecule has 6 aromatic heterocycles. The van der Waals surface area contributed by atoms with Gasteiger partial charge in [0, 0.05) is 55.1 Å². The summed E-state index contributed by atoms with van der Waals surface area (Å²) in [4.78, 5) is 22.3. The van der Waals surface area contributed by atoms with E-state index in [-0.39, 0.29) is 0 Å². The normalized spacial score (nSPS) is 10.7. The Morgan fingerprint density at radius 2 is 1.18 bits per heavy atom. The van der Waals surface area contributed by atoms with E-state index in [1.165, 1.54) is 5.56 Å². The van der Waals surface area contributed by atoms with Gasteiger partial charge < -0.3 is 9.13 Å². The number of benzene rings is 2. The van der Waals surface area contributed by atoms with Crippen molar-refractivity contribution in [3.8, 4) is 46.2 Å². The van der Waals surface area contributed by atoms with E-state index in [1.807, 2.05) is 115 Å². The molecule has 11 nitrogen and oxygen atoms in total. The minimum atomic E-state index is 0.454. The molecule has 11 heteroatoms. The number of imidazole rings is 2. The maximum absolute atomic E-state index is 4.63. The van der Waals surface area contributed by atoms with E-state index in [1.54, 1.807) is 17.0 Å². The summed E-state index contributed by atoms with van der Waals surface area (Å²) in [6.45, 7) is 6.08. The minimum absolute atomic E-state index is 0.454. The van der Waals surface area contributed by atoms with Gasteiger partial charge in [0.05, 0.1) is 11.4 Å². The van der Waals surface area contributed by atoms with E-state index in [9.17, 15) is 0 Å². The predicted octanol–water partition coefficient (Wildman–Crippen LogP) is 5.63. The largest absolute Gasteiger partial charge is 0.327 e. The van der Waals surface area contributed by atoms with Crippen molar-refractivity contribution < 1.29 is 0 Å². The molecule has 0 saturated heterocycles. The lowest BCUT2D eigenvalue weighted by Crippen LogP contribution is -1.96. The molecule has 0 N–H and O–H groups in total. The average molecular weight is 656 g/mol. The van der Waals surface area contributed by atoms with Crippen LogP contribution in [0.25, 0.3) is 33.8 Å². The monoisotopic (exact) mass is 655 g/mol. The van der Waals surface area contributed by atoms with Crippen LogP contribution in [0, 0.1) is 37.5 Å². The molecule has 0 saturated carbocycles. The zero-order valence-corrected chi connectivity index (χ0v) is 28.4. The molecule has 0 radical (unpaired) electrons. The molecule has 0 spiro atoms. The second-order valence-corrected chi connectivity index (χ2v) is 11.7. The van der Waals surface area contributed by atoms with Crippen molar-refractivity contribution >= 4 is 11.3 Å². The number of rotatable bonds is 3. The number of hydrogen-bond donors (Lipinski definition) is 0. The van der Waals surface area contributed by atoms with Gasteiger partial charge in [-0.2, -0.15) is 9.97 Å². The fourth-order valence-corrected chi connectivity index (χ4v) is 5.34. The van der Waals surface area contributed by atoms with Crippen molar-refractivity contribution in [2.45, 2.75) is 27.2 Å². The molecule has 0 aliphatic heterocycles. The minimum Gasteiger partial charge on any atom is -0.327 e. The fraction of sp³-hybridized carbons (Fsp3) is 0.154. The summed E-state index contributed by atoms with van der Waals surface area (Å²) in [5.41, 5.74) is 8.75. The second-order valence-electron chi connectivity index (χ2n) is 11.7. The Labute approximate surface area is 289 Å². The van der Waals surface area contributed by atoms with Gasteiger partial charge in [0.15, 0.2) is 22.9 Å². The van der Waals surface area contributed by atoms with Crippen LogP contribution in [-0.4, -0.2) is 53.3 Å². The van der Waals surface area contributed by atoms with Gasteiger partial charge in [-0.1, -0.05) is 73.7 Å². The van der Waals surface area contributed by atoms with Crippen LogP contribution in [0.2, 0.25) is 0 Å². The van der Waals surface area contributed by atoms with Gasteiger partial charge in [-0.3, -0.25) is 0 Å². The van der Waals surface area contributed by atoms with Gasteiger partial charge in [0.25, 0.3) is 0 Å². The van der Waals surface area contributed by atoms with Crippen molar-refractivity contribution in [1.82, 2.24) is 53.3 Å². The topological polar surface area (TPSA) is 109 Å². The first-order valence-corrected chi connectivity index (χ1v) is 16.1. The number of fused-ring (bicyclic) bond motifs is 2. The molecule has 0 amide bonds. The molecule has 0 aliphatic rings. The van der Waals surface area contributed by atoms with Gasteiger partial charge >= 0.3 is 0 Å². The highest BCUT2D eigenvalue weighted by molar-refractivity contribution is 5.60. The van der Waals surface area contributed by atoms with Gasteiger partial charge in [-0.05, 0) is 55.6 Å². The molecule has 50 heavy (non-hydrogen) atoms.